The van der Waals surface area contributed by atoms with Gasteiger partial charge in [-0.2, -0.15) is 0 Å². The van der Waals surface area contributed by atoms with Crippen molar-refractivity contribution in [3.8, 4) is 0 Å². The van der Waals surface area contributed by atoms with Gasteiger partial charge in [0.2, 0.25) is 11.8 Å². The average molecular weight is 369 g/mol. The third-order valence-electron chi connectivity index (χ3n) is 4.47. The monoisotopic (exact) mass is 369 g/mol. The van der Waals surface area contributed by atoms with Crippen molar-refractivity contribution in [3.05, 3.63) is 65.5 Å². The number of hydrogen-bond acceptors (Lipinski definition) is 3. The van der Waals surface area contributed by atoms with Crippen LogP contribution in [0, 0.1) is 12.7 Å². The number of aryl methyl sites for hydroxylation is 1. The molecule has 27 heavy (non-hydrogen) atoms. The molecule has 6 nitrogen and oxygen atoms in total. The molecule has 1 fully saturated rings. The first kappa shape index (κ1) is 18.6. The number of amides is 3. The highest BCUT2D eigenvalue weighted by Crippen LogP contribution is 2.17. The molecular formula is C20H20FN3O3. The van der Waals surface area contributed by atoms with Crippen LogP contribution in [-0.2, 0) is 9.59 Å². The third-order valence-corrected chi connectivity index (χ3v) is 4.47. The second-order valence-electron chi connectivity index (χ2n) is 6.38. The lowest BCUT2D eigenvalue weighted by molar-refractivity contribution is -0.131. The van der Waals surface area contributed by atoms with Crippen molar-refractivity contribution in [1.82, 2.24) is 10.2 Å². The number of anilines is 1. The number of piperazine rings is 1. The van der Waals surface area contributed by atoms with Crippen LogP contribution < -0.4 is 10.6 Å². The summed E-state index contributed by atoms with van der Waals surface area (Å²) in [4.78, 5) is 39.0. The van der Waals surface area contributed by atoms with E-state index in [4.69, 9.17) is 0 Å². The molecule has 2 aromatic rings. The standard InChI is InChI=1S/C20H20FN3O3/c1-13-4-2-3-5-16(13)20(27)24-11-10-22-19(26)17(24)12-18(25)23-15-8-6-14(21)7-9-15/h2-9,17H,10-12H2,1H3,(H,22,26)(H,23,25)/t17-/m0/s1. The van der Waals surface area contributed by atoms with E-state index in [1.807, 2.05) is 19.1 Å². The summed E-state index contributed by atoms with van der Waals surface area (Å²) in [5.41, 5.74) is 1.74. The van der Waals surface area contributed by atoms with Gasteiger partial charge in [0.1, 0.15) is 11.9 Å². The molecule has 1 saturated heterocycles. The molecule has 1 aliphatic rings. The maximum atomic E-state index is 13.0. The van der Waals surface area contributed by atoms with Crippen LogP contribution in [-0.4, -0.2) is 41.8 Å². The van der Waals surface area contributed by atoms with Crippen molar-refractivity contribution in [2.45, 2.75) is 19.4 Å². The summed E-state index contributed by atoms with van der Waals surface area (Å²) in [5.74, 6) is -1.47. The van der Waals surface area contributed by atoms with Crippen LogP contribution in [0.4, 0.5) is 10.1 Å². The molecule has 2 aromatic carbocycles. The Bertz CT molecular complexity index is 867. The summed E-state index contributed by atoms with van der Waals surface area (Å²) >= 11 is 0. The minimum Gasteiger partial charge on any atom is -0.353 e. The quantitative estimate of drug-likeness (QED) is 0.866. The van der Waals surface area contributed by atoms with Gasteiger partial charge in [-0.25, -0.2) is 4.39 Å². The molecular weight excluding hydrogens is 349 g/mol. The van der Waals surface area contributed by atoms with Gasteiger partial charge in [0.25, 0.3) is 5.91 Å². The summed E-state index contributed by atoms with van der Waals surface area (Å²) in [6, 6.07) is 11.6. The highest BCUT2D eigenvalue weighted by Gasteiger charge is 2.35. The van der Waals surface area contributed by atoms with Crippen LogP contribution in [0.1, 0.15) is 22.3 Å². The normalized spacial score (nSPS) is 16.6. The SMILES string of the molecule is Cc1ccccc1C(=O)N1CCNC(=O)[C@@H]1CC(=O)Nc1ccc(F)cc1. The Morgan fingerprint density at radius 3 is 2.59 bits per heavy atom. The van der Waals surface area contributed by atoms with Gasteiger partial charge in [-0.3, -0.25) is 14.4 Å². The molecule has 0 spiro atoms. The number of nitrogens with one attached hydrogen (secondary N) is 2. The molecule has 1 heterocycles. The van der Waals surface area contributed by atoms with Crippen LogP contribution in [0.25, 0.3) is 0 Å². The van der Waals surface area contributed by atoms with Crippen LogP contribution in [0.5, 0.6) is 0 Å². The molecule has 1 atom stereocenters. The lowest BCUT2D eigenvalue weighted by Crippen LogP contribution is -2.58. The first-order chi connectivity index (χ1) is 13.0. The number of halogens is 1. The molecule has 7 heteroatoms. The topological polar surface area (TPSA) is 78.5 Å². The second-order valence-corrected chi connectivity index (χ2v) is 6.38. The van der Waals surface area contributed by atoms with Crippen molar-refractivity contribution >= 4 is 23.4 Å². The summed E-state index contributed by atoms with van der Waals surface area (Å²) in [6.07, 6.45) is -0.180. The zero-order valence-corrected chi connectivity index (χ0v) is 14.9. The van der Waals surface area contributed by atoms with E-state index in [9.17, 15) is 18.8 Å². The van der Waals surface area contributed by atoms with E-state index in [2.05, 4.69) is 10.6 Å². The molecule has 1 aliphatic heterocycles. The van der Waals surface area contributed by atoms with E-state index in [1.54, 1.807) is 12.1 Å². The molecule has 0 unspecified atom stereocenters. The molecule has 0 saturated carbocycles. The lowest BCUT2D eigenvalue weighted by Gasteiger charge is -2.35. The highest BCUT2D eigenvalue weighted by molar-refractivity contribution is 6.01. The number of carbonyl (C=O) groups is 3. The van der Waals surface area contributed by atoms with E-state index < -0.39 is 17.8 Å². The van der Waals surface area contributed by atoms with E-state index in [0.717, 1.165) is 5.56 Å². The van der Waals surface area contributed by atoms with Gasteiger partial charge in [0.05, 0.1) is 6.42 Å². The summed E-state index contributed by atoms with van der Waals surface area (Å²) < 4.78 is 13.0. The Morgan fingerprint density at radius 2 is 1.89 bits per heavy atom. The van der Waals surface area contributed by atoms with E-state index in [1.165, 1.54) is 29.2 Å². The van der Waals surface area contributed by atoms with Crippen LogP contribution in [0.3, 0.4) is 0 Å². The van der Waals surface area contributed by atoms with Crippen molar-refractivity contribution in [2.24, 2.45) is 0 Å². The number of rotatable bonds is 4. The van der Waals surface area contributed by atoms with Gasteiger partial charge in [-0.05, 0) is 42.8 Å². The van der Waals surface area contributed by atoms with Crippen LogP contribution in [0.15, 0.2) is 48.5 Å². The van der Waals surface area contributed by atoms with Crippen molar-refractivity contribution in [1.29, 1.82) is 0 Å². The van der Waals surface area contributed by atoms with Gasteiger partial charge >= 0.3 is 0 Å². The molecule has 0 aromatic heterocycles. The Kier molecular flexibility index (Phi) is 5.49. The fourth-order valence-electron chi connectivity index (χ4n) is 3.05. The van der Waals surface area contributed by atoms with Crippen molar-refractivity contribution in [3.63, 3.8) is 0 Å². The number of hydrogen-bond donors (Lipinski definition) is 2. The molecule has 2 N–H and O–H groups in total. The van der Waals surface area contributed by atoms with Gasteiger partial charge in [-0.15, -0.1) is 0 Å². The molecule has 140 valence electrons. The van der Waals surface area contributed by atoms with E-state index >= 15 is 0 Å². The third kappa shape index (κ3) is 4.31. The van der Waals surface area contributed by atoms with Gasteiger partial charge in [0, 0.05) is 24.3 Å². The molecule has 0 bridgehead atoms. The van der Waals surface area contributed by atoms with Crippen LogP contribution in [0.2, 0.25) is 0 Å². The Labute approximate surface area is 156 Å². The van der Waals surface area contributed by atoms with Gasteiger partial charge < -0.3 is 15.5 Å². The largest absolute Gasteiger partial charge is 0.353 e. The number of carbonyl (C=O) groups excluding carboxylic acids is 3. The molecule has 0 aliphatic carbocycles. The Hall–Kier alpha value is -3.22. The first-order valence-corrected chi connectivity index (χ1v) is 8.65. The zero-order valence-electron chi connectivity index (χ0n) is 14.9. The van der Waals surface area contributed by atoms with Crippen LogP contribution >= 0.6 is 0 Å². The van der Waals surface area contributed by atoms with Gasteiger partial charge in [0.15, 0.2) is 0 Å². The molecule has 3 amide bonds. The predicted molar refractivity (Wildman–Crippen MR) is 98.7 cm³/mol. The smallest absolute Gasteiger partial charge is 0.254 e. The van der Waals surface area contributed by atoms with Crippen molar-refractivity contribution in [2.75, 3.05) is 18.4 Å². The summed E-state index contributed by atoms with van der Waals surface area (Å²) in [6.45, 7) is 2.49. The van der Waals surface area contributed by atoms with Gasteiger partial charge in [-0.1, -0.05) is 18.2 Å². The average Bonchev–Trinajstić information content (AvgIpc) is 2.65. The number of nitrogens with zero attached hydrogens (tertiary/aromatic N) is 1. The predicted octanol–water partition coefficient (Wildman–Crippen LogP) is 2.10. The second kappa shape index (κ2) is 7.99. The highest BCUT2D eigenvalue weighted by atomic mass is 19.1. The Morgan fingerprint density at radius 1 is 1.19 bits per heavy atom. The first-order valence-electron chi connectivity index (χ1n) is 8.65. The maximum Gasteiger partial charge on any atom is 0.254 e. The summed E-state index contributed by atoms with van der Waals surface area (Å²) in [7, 11) is 0. The fourth-order valence-corrected chi connectivity index (χ4v) is 3.05. The molecule has 3 rings (SSSR count). The lowest BCUT2D eigenvalue weighted by atomic mass is 10.0. The fraction of sp³-hybridized carbons (Fsp3) is 0.250. The number of benzene rings is 2. The minimum absolute atomic E-state index is 0.180. The van der Waals surface area contributed by atoms with E-state index in [-0.39, 0.29) is 18.2 Å². The van der Waals surface area contributed by atoms with E-state index in [0.29, 0.717) is 24.3 Å². The summed E-state index contributed by atoms with van der Waals surface area (Å²) in [5, 5.41) is 5.32. The zero-order chi connectivity index (χ0) is 19.4. The van der Waals surface area contributed by atoms with Crippen molar-refractivity contribution < 1.29 is 18.8 Å². The molecule has 0 radical (unpaired) electrons. The minimum atomic E-state index is -0.897. The Balaban J connectivity index is 1.75. The maximum absolute atomic E-state index is 13.0.